The van der Waals surface area contributed by atoms with Gasteiger partial charge in [0.1, 0.15) is 5.78 Å². The Morgan fingerprint density at radius 1 is 1.22 bits per heavy atom. The molecule has 2 atom stereocenters. The lowest BCUT2D eigenvalue weighted by Crippen LogP contribution is -2.36. The molecule has 0 saturated heterocycles. The molecule has 0 heterocycles. The number of hydrogen-bond donors (Lipinski definition) is 1. The molecule has 1 fully saturated rings. The zero-order valence-corrected chi connectivity index (χ0v) is 11.5. The van der Waals surface area contributed by atoms with Crippen molar-refractivity contribution in [2.24, 2.45) is 11.8 Å². The highest BCUT2D eigenvalue weighted by Crippen LogP contribution is 2.33. The SMILES string of the molecule is CCCCCCCCCC(C(=O)O)C1CCC1=O. The normalized spacial score (nSPS) is 20.5. The summed E-state index contributed by atoms with van der Waals surface area (Å²) in [6.07, 6.45) is 10.4. The van der Waals surface area contributed by atoms with Crippen LogP contribution in [0.5, 0.6) is 0 Å². The Hall–Kier alpha value is -0.860. The monoisotopic (exact) mass is 254 g/mol. The minimum absolute atomic E-state index is 0.158. The number of aliphatic carboxylic acids is 1. The van der Waals surface area contributed by atoms with Crippen LogP contribution in [0.3, 0.4) is 0 Å². The molecule has 0 spiro atoms. The third kappa shape index (κ3) is 4.79. The average molecular weight is 254 g/mol. The van der Waals surface area contributed by atoms with Gasteiger partial charge in [0.05, 0.1) is 5.92 Å². The van der Waals surface area contributed by atoms with E-state index in [4.69, 9.17) is 5.11 Å². The first-order valence-corrected chi connectivity index (χ1v) is 7.42. The van der Waals surface area contributed by atoms with Crippen molar-refractivity contribution in [3.8, 4) is 0 Å². The maximum atomic E-state index is 11.3. The molecular formula is C15H26O3. The summed E-state index contributed by atoms with van der Waals surface area (Å²) < 4.78 is 0. The van der Waals surface area contributed by atoms with Gasteiger partial charge in [-0.25, -0.2) is 0 Å². The number of hydrogen-bond acceptors (Lipinski definition) is 2. The summed E-state index contributed by atoms with van der Waals surface area (Å²) in [5.41, 5.74) is 0. The smallest absolute Gasteiger partial charge is 0.307 e. The zero-order chi connectivity index (χ0) is 13.4. The molecule has 3 nitrogen and oxygen atoms in total. The summed E-state index contributed by atoms with van der Waals surface area (Å²) >= 11 is 0. The number of carbonyl (C=O) groups is 2. The van der Waals surface area contributed by atoms with Gasteiger partial charge in [0, 0.05) is 12.3 Å². The van der Waals surface area contributed by atoms with E-state index < -0.39 is 11.9 Å². The van der Waals surface area contributed by atoms with Gasteiger partial charge < -0.3 is 5.11 Å². The summed E-state index contributed by atoms with van der Waals surface area (Å²) in [4.78, 5) is 22.5. The quantitative estimate of drug-likeness (QED) is 0.603. The Bertz CT molecular complexity index is 273. The number of ketones is 1. The van der Waals surface area contributed by atoms with Crippen LogP contribution in [0.25, 0.3) is 0 Å². The molecule has 1 rings (SSSR count). The topological polar surface area (TPSA) is 54.4 Å². The van der Waals surface area contributed by atoms with Crippen LogP contribution in [-0.4, -0.2) is 16.9 Å². The fraction of sp³-hybridized carbons (Fsp3) is 0.867. The maximum absolute atomic E-state index is 11.3. The molecule has 1 aliphatic rings. The van der Waals surface area contributed by atoms with Crippen LogP contribution in [0, 0.1) is 11.8 Å². The van der Waals surface area contributed by atoms with Crippen molar-refractivity contribution in [1.29, 1.82) is 0 Å². The first kappa shape index (κ1) is 15.2. The van der Waals surface area contributed by atoms with Gasteiger partial charge >= 0.3 is 5.97 Å². The molecule has 0 radical (unpaired) electrons. The lowest BCUT2D eigenvalue weighted by Gasteiger charge is -2.29. The number of Topliss-reactive ketones (excluding diaryl/α,β-unsaturated/α-hetero) is 1. The van der Waals surface area contributed by atoms with E-state index in [1.54, 1.807) is 0 Å². The molecule has 0 aromatic rings. The molecule has 0 aromatic heterocycles. The molecule has 2 unspecified atom stereocenters. The average Bonchev–Trinajstić information content (AvgIpc) is 2.34. The van der Waals surface area contributed by atoms with E-state index in [0.717, 1.165) is 19.3 Å². The van der Waals surface area contributed by atoms with E-state index in [2.05, 4.69) is 6.92 Å². The van der Waals surface area contributed by atoms with Crippen molar-refractivity contribution in [3.63, 3.8) is 0 Å². The van der Waals surface area contributed by atoms with Crippen molar-refractivity contribution < 1.29 is 14.7 Å². The van der Waals surface area contributed by atoms with Crippen LogP contribution in [0.15, 0.2) is 0 Å². The van der Waals surface area contributed by atoms with Gasteiger partial charge in [0.2, 0.25) is 0 Å². The van der Waals surface area contributed by atoms with E-state index in [9.17, 15) is 9.59 Å². The van der Waals surface area contributed by atoms with Crippen molar-refractivity contribution in [1.82, 2.24) is 0 Å². The second kappa shape index (κ2) is 8.28. The lowest BCUT2D eigenvalue weighted by atomic mass is 9.73. The minimum Gasteiger partial charge on any atom is -0.481 e. The first-order chi connectivity index (χ1) is 8.66. The molecule has 1 aliphatic carbocycles. The summed E-state index contributed by atoms with van der Waals surface area (Å²) in [5, 5.41) is 9.15. The Labute approximate surface area is 110 Å². The van der Waals surface area contributed by atoms with Gasteiger partial charge in [0.15, 0.2) is 0 Å². The highest BCUT2D eigenvalue weighted by atomic mass is 16.4. The second-order valence-electron chi connectivity index (χ2n) is 5.47. The molecule has 0 aromatic carbocycles. The Morgan fingerprint density at radius 3 is 2.28 bits per heavy atom. The van der Waals surface area contributed by atoms with Crippen LogP contribution in [0.4, 0.5) is 0 Å². The van der Waals surface area contributed by atoms with Crippen molar-refractivity contribution >= 4 is 11.8 Å². The third-order valence-corrected chi connectivity index (χ3v) is 4.04. The Morgan fingerprint density at radius 2 is 1.83 bits per heavy atom. The summed E-state index contributed by atoms with van der Waals surface area (Å²) in [5.74, 6) is -1.21. The van der Waals surface area contributed by atoms with E-state index in [1.807, 2.05) is 0 Å². The van der Waals surface area contributed by atoms with E-state index in [-0.39, 0.29) is 11.7 Å². The zero-order valence-electron chi connectivity index (χ0n) is 11.5. The Kier molecular flexibility index (Phi) is 6.99. The molecule has 1 N–H and O–H groups in total. The molecule has 0 bridgehead atoms. The van der Waals surface area contributed by atoms with Crippen LogP contribution >= 0.6 is 0 Å². The Balaban J connectivity index is 2.11. The van der Waals surface area contributed by atoms with Crippen molar-refractivity contribution in [2.45, 2.75) is 71.1 Å². The highest BCUT2D eigenvalue weighted by molar-refractivity contribution is 5.90. The van der Waals surface area contributed by atoms with Crippen LogP contribution in [0.1, 0.15) is 71.1 Å². The standard InChI is InChI=1S/C15H26O3/c1-2-3-4-5-6-7-8-9-13(15(17)18)12-10-11-14(12)16/h12-13H,2-11H2,1H3,(H,17,18). The maximum Gasteiger partial charge on any atom is 0.307 e. The molecule has 104 valence electrons. The van der Waals surface area contributed by atoms with Crippen molar-refractivity contribution in [2.75, 3.05) is 0 Å². The van der Waals surface area contributed by atoms with E-state index in [1.165, 1.54) is 32.1 Å². The van der Waals surface area contributed by atoms with Crippen LogP contribution in [0.2, 0.25) is 0 Å². The van der Waals surface area contributed by atoms with Crippen LogP contribution < -0.4 is 0 Å². The predicted octanol–water partition coefficient (Wildman–Crippen LogP) is 3.81. The summed E-state index contributed by atoms with van der Waals surface area (Å²) in [7, 11) is 0. The van der Waals surface area contributed by atoms with Gasteiger partial charge in [-0.05, 0) is 12.8 Å². The molecule has 18 heavy (non-hydrogen) atoms. The summed E-state index contributed by atoms with van der Waals surface area (Å²) in [6, 6.07) is 0. The van der Waals surface area contributed by atoms with Gasteiger partial charge in [-0.1, -0.05) is 51.9 Å². The fourth-order valence-electron chi connectivity index (χ4n) is 2.67. The molecule has 0 aliphatic heterocycles. The van der Waals surface area contributed by atoms with E-state index in [0.29, 0.717) is 12.8 Å². The molecule has 3 heteroatoms. The number of unbranched alkanes of at least 4 members (excludes halogenated alkanes) is 6. The minimum atomic E-state index is -0.779. The molecule has 0 amide bonds. The van der Waals surface area contributed by atoms with Gasteiger partial charge in [-0.2, -0.15) is 0 Å². The van der Waals surface area contributed by atoms with Gasteiger partial charge in [0.25, 0.3) is 0 Å². The predicted molar refractivity (Wildman–Crippen MR) is 71.5 cm³/mol. The van der Waals surface area contributed by atoms with Crippen LogP contribution in [-0.2, 0) is 9.59 Å². The second-order valence-corrected chi connectivity index (χ2v) is 5.47. The molecular weight excluding hydrogens is 228 g/mol. The largest absolute Gasteiger partial charge is 0.481 e. The fourth-order valence-corrected chi connectivity index (χ4v) is 2.67. The van der Waals surface area contributed by atoms with Gasteiger partial charge in [-0.15, -0.1) is 0 Å². The number of carboxylic acid groups (broad SMARTS) is 1. The number of carboxylic acids is 1. The highest BCUT2D eigenvalue weighted by Gasteiger charge is 2.38. The number of carbonyl (C=O) groups excluding carboxylic acids is 1. The molecule has 1 saturated carbocycles. The lowest BCUT2D eigenvalue weighted by molar-refractivity contribution is -0.150. The first-order valence-electron chi connectivity index (χ1n) is 7.42. The van der Waals surface area contributed by atoms with Crippen molar-refractivity contribution in [3.05, 3.63) is 0 Å². The summed E-state index contributed by atoms with van der Waals surface area (Å²) in [6.45, 7) is 2.20. The van der Waals surface area contributed by atoms with E-state index >= 15 is 0 Å². The number of rotatable bonds is 10. The third-order valence-electron chi connectivity index (χ3n) is 4.04. The van der Waals surface area contributed by atoms with Gasteiger partial charge in [-0.3, -0.25) is 9.59 Å².